The number of aryl methyl sites for hydroxylation is 6. The van der Waals surface area contributed by atoms with Gasteiger partial charge in [0.2, 0.25) is 12.4 Å². The summed E-state index contributed by atoms with van der Waals surface area (Å²) in [4.78, 5) is 4.81. The highest BCUT2D eigenvalue weighted by atomic mass is 15.1. The van der Waals surface area contributed by atoms with E-state index in [0.29, 0.717) is 6.67 Å². The lowest BCUT2D eigenvalue weighted by Crippen LogP contribution is -2.10. The summed E-state index contributed by atoms with van der Waals surface area (Å²) in [6.45, 7) is 13.7. The van der Waals surface area contributed by atoms with E-state index in [1.165, 1.54) is 44.6 Å². The average molecular weight is 305 g/mol. The molecule has 2 nitrogen and oxygen atoms in total. The smallest absolute Gasteiger partial charge is 0.213 e. The Morgan fingerprint density at radius 2 is 1.22 bits per heavy atom. The second-order valence-electron chi connectivity index (χ2n) is 6.80. The summed E-state index contributed by atoms with van der Waals surface area (Å²) in [6.07, 6.45) is 2.20. The van der Waals surface area contributed by atoms with Crippen molar-refractivity contribution in [2.45, 2.75) is 41.5 Å². The lowest BCUT2D eigenvalue weighted by atomic mass is 9.96. The second kappa shape index (κ2) is 5.77. The topological polar surface area (TPSA) is 15.4 Å². The minimum absolute atomic E-state index is 0.701. The van der Waals surface area contributed by atoms with Crippen LogP contribution in [0.25, 0.3) is 0 Å². The van der Waals surface area contributed by atoms with E-state index < -0.39 is 0 Å². The van der Waals surface area contributed by atoms with Crippen LogP contribution in [0.1, 0.15) is 38.9 Å². The molecule has 2 aromatic rings. The maximum absolute atomic E-state index is 4.81. The van der Waals surface area contributed by atoms with Crippen LogP contribution in [0.4, 0.5) is 5.69 Å². The highest BCUT2D eigenvalue weighted by molar-refractivity contribution is 6.38. The zero-order valence-corrected chi connectivity index (χ0v) is 15.0. The fraction of sp³-hybridized carbons (Fsp3) is 0.333. The molecule has 0 saturated carbocycles. The number of nitrogens with zero attached hydrogens (tertiary/aromatic N) is 2. The van der Waals surface area contributed by atoms with E-state index in [9.17, 15) is 0 Å². The van der Waals surface area contributed by atoms with Crippen molar-refractivity contribution in [2.75, 3.05) is 6.67 Å². The van der Waals surface area contributed by atoms with Crippen LogP contribution in [0.5, 0.6) is 0 Å². The zero-order valence-electron chi connectivity index (χ0n) is 15.0. The Morgan fingerprint density at radius 1 is 0.739 bits per heavy atom. The number of hydrogen-bond donors (Lipinski definition) is 0. The van der Waals surface area contributed by atoms with Crippen molar-refractivity contribution in [3.05, 3.63) is 63.2 Å². The molecule has 0 amide bonds. The molecule has 1 heterocycles. The second-order valence-corrected chi connectivity index (χ2v) is 6.80. The molecule has 2 aromatic carbocycles. The standard InChI is InChI=1S/C21H25N2/c1-13-7-15(3)20(16(4)8-13)19-11-23(12-22-19)21-17(5)9-14(2)10-18(21)6/h7-11H,12H2,1-6H3/q+1. The average Bonchev–Trinajstić information content (AvgIpc) is 2.85. The predicted molar refractivity (Wildman–Crippen MR) is 98.7 cm³/mol. The summed E-state index contributed by atoms with van der Waals surface area (Å²) in [5.41, 5.74) is 11.5. The largest absolute Gasteiger partial charge is 0.242 e. The van der Waals surface area contributed by atoms with Gasteiger partial charge in [0.1, 0.15) is 5.71 Å². The number of rotatable bonds is 2. The summed E-state index contributed by atoms with van der Waals surface area (Å²) in [6, 6.07) is 8.97. The van der Waals surface area contributed by atoms with E-state index in [2.05, 4.69) is 76.6 Å². The van der Waals surface area contributed by atoms with Gasteiger partial charge in [0.25, 0.3) is 0 Å². The van der Waals surface area contributed by atoms with Crippen molar-refractivity contribution >= 4 is 17.6 Å². The molecule has 3 rings (SSSR count). The van der Waals surface area contributed by atoms with Gasteiger partial charge in [-0.2, -0.15) is 4.58 Å². The molecule has 23 heavy (non-hydrogen) atoms. The van der Waals surface area contributed by atoms with Crippen LogP contribution in [0.2, 0.25) is 0 Å². The van der Waals surface area contributed by atoms with Gasteiger partial charge in [-0.15, -0.1) is 0 Å². The molecule has 0 aromatic heterocycles. The molecule has 0 N–H and O–H groups in total. The van der Waals surface area contributed by atoms with E-state index in [-0.39, 0.29) is 0 Å². The van der Waals surface area contributed by atoms with Gasteiger partial charge in [0.05, 0.1) is 0 Å². The van der Waals surface area contributed by atoms with E-state index in [1.807, 2.05) is 0 Å². The van der Waals surface area contributed by atoms with E-state index >= 15 is 0 Å². The Bertz CT molecular complexity index is 808. The minimum atomic E-state index is 0.701. The summed E-state index contributed by atoms with van der Waals surface area (Å²) < 4.78 is 2.28. The molecule has 0 radical (unpaired) electrons. The number of hydrogen-bond acceptors (Lipinski definition) is 1. The highest BCUT2D eigenvalue weighted by Gasteiger charge is 2.24. The first-order valence-electron chi connectivity index (χ1n) is 8.19. The van der Waals surface area contributed by atoms with Crippen LogP contribution < -0.4 is 0 Å². The van der Waals surface area contributed by atoms with Crippen LogP contribution in [-0.2, 0) is 0 Å². The van der Waals surface area contributed by atoms with Gasteiger partial charge in [0.15, 0.2) is 6.21 Å². The van der Waals surface area contributed by atoms with Crippen molar-refractivity contribution < 1.29 is 4.58 Å². The lowest BCUT2D eigenvalue weighted by molar-refractivity contribution is -0.428. The van der Waals surface area contributed by atoms with Gasteiger partial charge in [-0.3, -0.25) is 0 Å². The molecule has 0 saturated heterocycles. The third-order valence-corrected chi connectivity index (χ3v) is 4.53. The normalized spacial score (nSPS) is 14.0. The lowest BCUT2D eigenvalue weighted by Gasteiger charge is -2.08. The van der Waals surface area contributed by atoms with Gasteiger partial charge in [-0.1, -0.05) is 23.3 Å². The first-order valence-corrected chi connectivity index (χ1v) is 8.19. The van der Waals surface area contributed by atoms with Crippen LogP contribution in [-0.4, -0.2) is 23.2 Å². The van der Waals surface area contributed by atoms with Gasteiger partial charge in [0, 0.05) is 16.7 Å². The van der Waals surface area contributed by atoms with Gasteiger partial charge >= 0.3 is 0 Å². The first kappa shape index (κ1) is 15.7. The molecule has 0 aliphatic carbocycles. The Hall–Kier alpha value is -2.22. The number of aliphatic imine (C=N–C) groups is 1. The Kier molecular flexibility index (Phi) is 3.93. The molecule has 0 bridgehead atoms. The van der Waals surface area contributed by atoms with Crippen molar-refractivity contribution in [2.24, 2.45) is 4.99 Å². The molecule has 0 spiro atoms. The minimum Gasteiger partial charge on any atom is -0.213 e. The molecule has 1 aliphatic heterocycles. The quantitative estimate of drug-likeness (QED) is 0.714. The maximum atomic E-state index is 4.81. The van der Waals surface area contributed by atoms with Crippen LogP contribution in [0.3, 0.4) is 0 Å². The Morgan fingerprint density at radius 3 is 1.74 bits per heavy atom. The molecule has 2 heteroatoms. The fourth-order valence-corrected chi connectivity index (χ4v) is 3.87. The monoisotopic (exact) mass is 305 g/mol. The third kappa shape index (κ3) is 2.86. The molecular formula is C21H25N2+. The molecule has 1 aliphatic rings. The summed E-state index contributed by atoms with van der Waals surface area (Å²) in [5.74, 6) is 0. The van der Waals surface area contributed by atoms with E-state index in [1.54, 1.807) is 0 Å². The molecule has 118 valence electrons. The van der Waals surface area contributed by atoms with E-state index in [0.717, 1.165) is 5.71 Å². The van der Waals surface area contributed by atoms with Crippen molar-refractivity contribution in [3.63, 3.8) is 0 Å². The van der Waals surface area contributed by atoms with E-state index in [4.69, 9.17) is 4.99 Å². The van der Waals surface area contributed by atoms with Gasteiger partial charge < -0.3 is 0 Å². The summed E-state index contributed by atoms with van der Waals surface area (Å²) >= 11 is 0. The number of benzene rings is 2. The molecule has 0 fully saturated rings. The van der Waals surface area contributed by atoms with Crippen molar-refractivity contribution in [1.82, 2.24) is 0 Å². The molecule has 0 unspecified atom stereocenters. The SMILES string of the molecule is Cc1cc(C)c(C2=NC[N+](c3c(C)cc(C)cc3C)=C2)c(C)c1. The Labute approximate surface area is 139 Å². The van der Waals surface area contributed by atoms with Crippen molar-refractivity contribution in [1.29, 1.82) is 0 Å². The van der Waals surface area contributed by atoms with Crippen LogP contribution in [0.15, 0.2) is 29.3 Å². The maximum Gasteiger partial charge on any atom is 0.242 e. The highest BCUT2D eigenvalue weighted by Crippen LogP contribution is 2.27. The summed E-state index contributed by atoms with van der Waals surface area (Å²) in [7, 11) is 0. The third-order valence-electron chi connectivity index (χ3n) is 4.53. The zero-order chi connectivity index (χ0) is 16.7. The first-order chi connectivity index (χ1) is 10.9. The fourth-order valence-electron chi connectivity index (χ4n) is 3.87. The summed E-state index contributed by atoms with van der Waals surface area (Å²) in [5, 5.41) is 0. The van der Waals surface area contributed by atoms with Gasteiger partial charge in [-0.25, -0.2) is 4.99 Å². The van der Waals surface area contributed by atoms with Crippen LogP contribution in [0, 0.1) is 41.5 Å². The van der Waals surface area contributed by atoms with Crippen molar-refractivity contribution in [3.8, 4) is 0 Å². The molecular weight excluding hydrogens is 280 g/mol. The molecule has 0 atom stereocenters. The predicted octanol–water partition coefficient (Wildman–Crippen LogP) is 4.71. The van der Waals surface area contributed by atoms with Gasteiger partial charge in [-0.05, 0) is 64.8 Å². The Balaban J connectivity index is 2.05. The van der Waals surface area contributed by atoms with Crippen LogP contribution >= 0.6 is 0 Å².